The van der Waals surface area contributed by atoms with Gasteiger partial charge in [-0.3, -0.25) is 0 Å². The first-order valence-corrected chi connectivity index (χ1v) is 7.66. The van der Waals surface area contributed by atoms with E-state index >= 15 is 0 Å². The molecule has 1 aliphatic heterocycles. The minimum Gasteiger partial charge on any atom is -0.380 e. The summed E-state index contributed by atoms with van der Waals surface area (Å²) in [5.41, 5.74) is 3.34. The topological polar surface area (TPSA) is 37.0 Å². The van der Waals surface area contributed by atoms with Gasteiger partial charge in [-0.25, -0.2) is 4.98 Å². The molecule has 3 heteroatoms. The summed E-state index contributed by atoms with van der Waals surface area (Å²) in [5.74, 6) is 0. The van der Waals surface area contributed by atoms with Crippen LogP contribution in [0.3, 0.4) is 0 Å². The van der Waals surface area contributed by atoms with Crippen LogP contribution in [0.5, 0.6) is 0 Å². The first-order chi connectivity index (χ1) is 10.4. The van der Waals surface area contributed by atoms with Crippen LogP contribution in [0.1, 0.15) is 12.8 Å². The van der Waals surface area contributed by atoms with Gasteiger partial charge in [-0.05, 0) is 31.5 Å². The highest BCUT2D eigenvalue weighted by molar-refractivity contribution is 6.07. The second-order valence-corrected chi connectivity index (χ2v) is 5.71. The van der Waals surface area contributed by atoms with E-state index in [2.05, 4.69) is 59.2 Å². The number of aromatic nitrogens is 1. The number of pyridine rings is 1. The number of fused-ring (bicyclic) bond motifs is 2. The minimum atomic E-state index is 0.493. The van der Waals surface area contributed by atoms with Gasteiger partial charge in [-0.15, -0.1) is 0 Å². The molecule has 4 rings (SSSR count). The summed E-state index contributed by atoms with van der Waals surface area (Å²) >= 11 is 0. The van der Waals surface area contributed by atoms with Crippen molar-refractivity contribution in [2.75, 3.05) is 18.4 Å². The Morgan fingerprint density at radius 3 is 2.24 bits per heavy atom. The van der Waals surface area contributed by atoms with E-state index < -0.39 is 0 Å². The average Bonchev–Trinajstić information content (AvgIpc) is 2.55. The third-order valence-corrected chi connectivity index (χ3v) is 4.23. The van der Waals surface area contributed by atoms with Crippen LogP contribution in [-0.4, -0.2) is 24.1 Å². The molecule has 0 saturated carbocycles. The molecule has 2 heterocycles. The molecule has 0 bridgehead atoms. The number of rotatable bonds is 2. The van der Waals surface area contributed by atoms with Crippen LogP contribution in [0.4, 0.5) is 5.69 Å². The highest BCUT2D eigenvalue weighted by Crippen LogP contribution is 2.31. The number of hydrogen-bond donors (Lipinski definition) is 2. The second-order valence-electron chi connectivity index (χ2n) is 5.71. The maximum atomic E-state index is 4.78. The van der Waals surface area contributed by atoms with Gasteiger partial charge in [-0.1, -0.05) is 36.4 Å². The molecule has 1 fully saturated rings. The predicted octanol–water partition coefficient (Wildman–Crippen LogP) is 3.55. The minimum absolute atomic E-state index is 0.493. The van der Waals surface area contributed by atoms with E-state index in [0.29, 0.717) is 6.04 Å². The molecule has 1 aromatic heterocycles. The zero-order valence-electron chi connectivity index (χ0n) is 12.0. The predicted molar refractivity (Wildman–Crippen MR) is 88.8 cm³/mol. The van der Waals surface area contributed by atoms with Gasteiger partial charge in [0.1, 0.15) is 0 Å². The largest absolute Gasteiger partial charge is 0.380 e. The van der Waals surface area contributed by atoms with Crippen LogP contribution < -0.4 is 10.6 Å². The molecule has 2 N–H and O–H groups in total. The second kappa shape index (κ2) is 5.34. The van der Waals surface area contributed by atoms with Gasteiger partial charge in [-0.2, -0.15) is 0 Å². The lowest BCUT2D eigenvalue weighted by Gasteiger charge is -2.26. The lowest BCUT2D eigenvalue weighted by atomic mass is 10.0. The highest BCUT2D eigenvalue weighted by Gasteiger charge is 2.16. The maximum Gasteiger partial charge on any atom is 0.0730 e. The fraction of sp³-hybridized carbons (Fsp3) is 0.278. The Kier molecular flexibility index (Phi) is 3.20. The number of nitrogens with zero attached hydrogens (tertiary/aromatic N) is 1. The van der Waals surface area contributed by atoms with Gasteiger partial charge >= 0.3 is 0 Å². The van der Waals surface area contributed by atoms with Crippen molar-refractivity contribution in [3.05, 3.63) is 48.5 Å². The van der Waals surface area contributed by atoms with Gasteiger partial charge in [0, 0.05) is 23.4 Å². The third-order valence-electron chi connectivity index (χ3n) is 4.23. The molecule has 3 nitrogen and oxygen atoms in total. The Bertz CT molecular complexity index is 722. The van der Waals surface area contributed by atoms with E-state index in [-0.39, 0.29) is 0 Å². The van der Waals surface area contributed by atoms with Crippen molar-refractivity contribution in [1.82, 2.24) is 10.3 Å². The number of para-hydroxylation sites is 2. The van der Waals surface area contributed by atoms with Crippen LogP contribution in [0, 0.1) is 0 Å². The zero-order valence-corrected chi connectivity index (χ0v) is 12.0. The van der Waals surface area contributed by atoms with Crippen molar-refractivity contribution in [2.45, 2.75) is 18.9 Å². The SMILES string of the molecule is c1ccc2c(NC3CCCNC3)c3ccccc3nc2c1. The number of nitrogens with one attached hydrogen (secondary N) is 2. The van der Waals surface area contributed by atoms with Crippen molar-refractivity contribution < 1.29 is 0 Å². The summed E-state index contributed by atoms with van der Waals surface area (Å²) in [6.07, 6.45) is 2.45. The van der Waals surface area contributed by atoms with Crippen molar-refractivity contribution in [2.24, 2.45) is 0 Å². The molecule has 1 saturated heterocycles. The van der Waals surface area contributed by atoms with E-state index in [1.807, 2.05) is 0 Å². The van der Waals surface area contributed by atoms with Gasteiger partial charge in [0.25, 0.3) is 0 Å². The van der Waals surface area contributed by atoms with Crippen molar-refractivity contribution in [3.8, 4) is 0 Å². The summed E-state index contributed by atoms with van der Waals surface area (Å²) < 4.78 is 0. The maximum absolute atomic E-state index is 4.78. The Labute approximate surface area is 124 Å². The molecule has 0 aliphatic carbocycles. The summed E-state index contributed by atoms with van der Waals surface area (Å²) in [4.78, 5) is 4.78. The van der Waals surface area contributed by atoms with Gasteiger partial charge in [0.15, 0.2) is 0 Å². The molecule has 0 spiro atoms. The molecule has 1 unspecified atom stereocenters. The van der Waals surface area contributed by atoms with Gasteiger partial charge < -0.3 is 10.6 Å². The van der Waals surface area contributed by atoms with E-state index in [1.165, 1.54) is 29.3 Å². The number of piperidine rings is 1. The molecule has 0 amide bonds. The third kappa shape index (κ3) is 2.34. The Morgan fingerprint density at radius 2 is 1.62 bits per heavy atom. The van der Waals surface area contributed by atoms with Gasteiger partial charge in [0.05, 0.1) is 16.7 Å². The number of benzene rings is 2. The number of hydrogen-bond acceptors (Lipinski definition) is 3. The van der Waals surface area contributed by atoms with E-state index in [1.54, 1.807) is 0 Å². The van der Waals surface area contributed by atoms with Crippen LogP contribution >= 0.6 is 0 Å². The zero-order chi connectivity index (χ0) is 14.1. The number of anilines is 1. The van der Waals surface area contributed by atoms with E-state index in [0.717, 1.165) is 24.1 Å². The molecular formula is C18H19N3. The van der Waals surface area contributed by atoms with E-state index in [4.69, 9.17) is 4.98 Å². The lowest BCUT2D eigenvalue weighted by molar-refractivity contribution is 0.480. The fourth-order valence-electron chi connectivity index (χ4n) is 3.17. The van der Waals surface area contributed by atoms with E-state index in [9.17, 15) is 0 Å². The van der Waals surface area contributed by atoms with Gasteiger partial charge in [0.2, 0.25) is 0 Å². The van der Waals surface area contributed by atoms with Crippen LogP contribution in [0.15, 0.2) is 48.5 Å². The molecule has 0 radical (unpaired) electrons. The Morgan fingerprint density at radius 1 is 0.952 bits per heavy atom. The molecule has 1 aliphatic rings. The summed E-state index contributed by atoms with van der Waals surface area (Å²) in [6.45, 7) is 2.17. The molecule has 2 aromatic carbocycles. The van der Waals surface area contributed by atoms with Crippen LogP contribution in [0.2, 0.25) is 0 Å². The van der Waals surface area contributed by atoms with Crippen LogP contribution in [0.25, 0.3) is 21.8 Å². The quantitative estimate of drug-likeness (QED) is 0.703. The first kappa shape index (κ1) is 12.6. The summed E-state index contributed by atoms with van der Waals surface area (Å²) in [5, 5.41) is 9.66. The molecule has 1 atom stereocenters. The van der Waals surface area contributed by atoms with Crippen LogP contribution in [-0.2, 0) is 0 Å². The first-order valence-electron chi connectivity index (χ1n) is 7.66. The smallest absolute Gasteiger partial charge is 0.0730 e. The monoisotopic (exact) mass is 277 g/mol. The molecule has 106 valence electrons. The summed E-state index contributed by atoms with van der Waals surface area (Å²) in [7, 11) is 0. The molecule has 21 heavy (non-hydrogen) atoms. The standard InChI is InChI=1S/C18H19N3/c1-3-9-16-14(7-1)18(20-13-6-5-11-19-12-13)15-8-2-4-10-17(15)21-16/h1-4,7-10,13,19H,5-6,11-12H2,(H,20,21). The highest BCUT2D eigenvalue weighted by atomic mass is 15.0. The van der Waals surface area contributed by atoms with Crippen molar-refractivity contribution in [1.29, 1.82) is 0 Å². The lowest BCUT2D eigenvalue weighted by Crippen LogP contribution is -2.38. The molecule has 3 aromatic rings. The fourth-order valence-corrected chi connectivity index (χ4v) is 3.17. The Hall–Kier alpha value is -2.13. The average molecular weight is 277 g/mol. The van der Waals surface area contributed by atoms with Crippen molar-refractivity contribution in [3.63, 3.8) is 0 Å². The summed E-state index contributed by atoms with van der Waals surface area (Å²) in [6, 6.07) is 17.3. The normalized spacial score (nSPS) is 19.0. The molecular weight excluding hydrogens is 258 g/mol. The van der Waals surface area contributed by atoms with Crippen molar-refractivity contribution >= 4 is 27.5 Å². The Balaban J connectivity index is 1.89.